The number of nitrogens with one attached hydrogen (secondary N) is 10. The molecule has 0 aromatic carbocycles. The van der Waals surface area contributed by atoms with Crippen LogP contribution in [0.25, 0.3) is 0 Å². The number of amides is 11. The summed E-state index contributed by atoms with van der Waals surface area (Å²) in [7, 11) is -11.6. The molecule has 804 valence electrons. The van der Waals surface area contributed by atoms with E-state index in [2.05, 4.69) is 187 Å². The van der Waals surface area contributed by atoms with E-state index in [1.165, 1.54) is 70.1 Å². The van der Waals surface area contributed by atoms with Crippen LogP contribution in [-0.2, 0) is 99.0 Å². The number of aliphatic hydroxyl groups excluding tert-OH is 4. The molecule has 142 heavy (non-hydrogen) atoms. The van der Waals surface area contributed by atoms with Gasteiger partial charge in [0.1, 0.15) is 85.0 Å². The second-order valence-electron chi connectivity index (χ2n) is 37.1. The number of carboxylic acids is 1. The first-order valence-electron chi connectivity index (χ1n) is 49.0. The Morgan fingerprint density at radius 1 is 0.408 bits per heavy atom. The van der Waals surface area contributed by atoms with Gasteiger partial charge < -0.3 is 119 Å². The Balaban J connectivity index is 2.14. The summed E-state index contributed by atoms with van der Waals surface area (Å²) in [6.45, 7) is 28.5. The first-order valence-corrected chi connectivity index (χ1v) is 52.0. The average molecular weight is 2050 g/mol. The Hall–Kier alpha value is -9.32. The number of phosphoric ester groups is 2. The van der Waals surface area contributed by atoms with Crippen molar-refractivity contribution < 1.29 is 134 Å². The van der Waals surface area contributed by atoms with E-state index in [9.17, 15) is 102 Å². The summed E-state index contributed by atoms with van der Waals surface area (Å²) in [6.07, 6.45) is 26.1. The lowest BCUT2D eigenvalue weighted by Gasteiger charge is -2.49. The maximum atomic E-state index is 14.3. The maximum Gasteiger partial charge on any atom is 0.483 e. The lowest BCUT2D eigenvalue weighted by Crippen LogP contribution is -2.70. The molecular weight excluding hydrogens is 1880 g/mol. The van der Waals surface area contributed by atoms with Crippen LogP contribution in [0.2, 0.25) is 0 Å². The summed E-state index contributed by atoms with van der Waals surface area (Å²) in [5.41, 5.74) is 25.6. The third-order valence-corrected chi connectivity index (χ3v) is 26.1. The molecule has 0 aromatic heterocycles. The monoisotopic (exact) mass is 2050 g/mol. The number of carbonyl (C=O) groups excluding carboxylic acids is 11. The highest BCUT2D eigenvalue weighted by molar-refractivity contribution is 7.61. The topological polar surface area (TPSA) is 618 Å². The Morgan fingerprint density at radius 2 is 0.796 bits per heavy atom. The minimum absolute atomic E-state index is 0.00336. The Labute approximate surface area is 838 Å². The first kappa shape index (κ1) is 129. The molecule has 0 radical (unpaired) electrons. The number of hydrogen-bond donors (Lipinski definition) is 19. The molecule has 42 heteroatoms. The number of primary amides is 1. The molecule has 0 aliphatic carbocycles. The first-order chi connectivity index (χ1) is 66.8. The van der Waals surface area contributed by atoms with Crippen molar-refractivity contribution in [2.24, 2.45) is 11.5 Å². The SMILES string of the molecule is CC(=O)N[C@H]1[C@H](O[C@H]2[C@H](O[C@H](C)C(=O)N[C@@H](C)C(=O)N[C@H](CCC(=O)N[C@@H](CCCCNC(=O)CNC(=O)CNC(=O)CN)C(=O)N[C@H](C)C(=O)N[C@H](C)C(=O)O)C(N)=O)[C@@H](NC(C)=O)[C@@H](OP(=O)(O)OP(=O)(O)OC/C=C(/C)CC/C=C(/C)CC/C=C(/C)CC/C=C(/C)CC/C=C(/C)CC/C=C(/C)CC/C=C(/C)CC/C=C(/C)CC/C=C(\C)CC/C=C(\C)CCC=C(C)C)O[C@@H]2CO)O[C@H](CO)[C@@H](O)[C@@H]1O. The highest BCUT2D eigenvalue weighted by atomic mass is 31.3. The molecule has 2 unspecified atom stereocenters. The number of nitrogens with two attached hydrogens (primary N) is 2. The maximum absolute atomic E-state index is 14.3. The number of carboxylic acid groups (broad SMARTS) is 1. The molecule has 40 nitrogen and oxygen atoms in total. The number of allylic oxidation sites excluding steroid dienone is 21. The van der Waals surface area contributed by atoms with Crippen molar-refractivity contribution in [1.29, 1.82) is 0 Å². The molecule has 0 bridgehead atoms. The number of aliphatic carboxylic acids is 1. The Kier molecular flexibility index (Phi) is 63.1. The second kappa shape index (κ2) is 69.7. The highest BCUT2D eigenvalue weighted by Gasteiger charge is 2.56. The second-order valence-corrected chi connectivity index (χ2v) is 40.1. The fourth-order valence-corrected chi connectivity index (χ4v) is 16.9. The van der Waals surface area contributed by atoms with Gasteiger partial charge in [-0.1, -0.05) is 128 Å². The predicted octanol–water partition coefficient (Wildman–Crippen LogP) is 9.10. The summed E-state index contributed by atoms with van der Waals surface area (Å²) < 4.78 is 66.6. The summed E-state index contributed by atoms with van der Waals surface area (Å²) in [5, 5.41) is 76.0. The van der Waals surface area contributed by atoms with E-state index >= 15 is 0 Å². The molecule has 18 atom stereocenters. The van der Waals surface area contributed by atoms with Gasteiger partial charge in [0, 0.05) is 26.8 Å². The van der Waals surface area contributed by atoms with Crippen molar-refractivity contribution in [2.45, 2.75) is 383 Å². The van der Waals surface area contributed by atoms with Crippen LogP contribution in [0.1, 0.15) is 285 Å². The number of hydrogen-bond acceptors (Lipinski definition) is 26. The van der Waals surface area contributed by atoms with Crippen LogP contribution in [-0.4, -0.2) is 250 Å². The highest BCUT2D eigenvalue weighted by Crippen LogP contribution is 2.61. The van der Waals surface area contributed by atoms with E-state index in [0.717, 1.165) is 149 Å². The zero-order chi connectivity index (χ0) is 107. The van der Waals surface area contributed by atoms with Crippen molar-refractivity contribution in [3.8, 4) is 0 Å². The quantitative estimate of drug-likeness (QED) is 0.0153. The van der Waals surface area contributed by atoms with Crippen molar-refractivity contribution in [1.82, 2.24) is 53.2 Å². The van der Waals surface area contributed by atoms with Crippen LogP contribution in [0.15, 0.2) is 128 Å². The van der Waals surface area contributed by atoms with Crippen molar-refractivity contribution in [3.63, 3.8) is 0 Å². The van der Waals surface area contributed by atoms with Gasteiger partial charge in [-0.3, -0.25) is 66.6 Å². The number of ether oxygens (including phenoxy) is 4. The van der Waals surface area contributed by atoms with Gasteiger partial charge in [-0.2, -0.15) is 4.31 Å². The van der Waals surface area contributed by atoms with E-state index in [4.69, 9.17) is 39.5 Å². The summed E-state index contributed by atoms with van der Waals surface area (Å²) >= 11 is 0. The van der Waals surface area contributed by atoms with E-state index in [1.54, 1.807) is 6.92 Å². The van der Waals surface area contributed by atoms with E-state index in [0.29, 0.717) is 18.4 Å². The number of phosphoric acid groups is 2. The van der Waals surface area contributed by atoms with Gasteiger partial charge in [-0.05, 0) is 265 Å². The molecule has 0 saturated carbocycles. The molecule has 2 aliphatic rings. The average Bonchev–Trinajstić information content (AvgIpc) is 0.762. The number of carbonyl (C=O) groups is 12. The Bertz CT molecular complexity index is 4540. The van der Waals surface area contributed by atoms with Gasteiger partial charge in [-0.15, -0.1) is 0 Å². The summed E-state index contributed by atoms with van der Waals surface area (Å²) in [4.78, 5) is 176. The number of rotatable bonds is 69. The minimum Gasteiger partial charge on any atom is -0.480 e. The fourth-order valence-electron chi connectivity index (χ4n) is 14.8. The van der Waals surface area contributed by atoms with Gasteiger partial charge >= 0.3 is 21.6 Å². The van der Waals surface area contributed by atoms with Crippen molar-refractivity contribution >= 4 is 86.6 Å². The predicted molar refractivity (Wildman–Crippen MR) is 540 cm³/mol. The van der Waals surface area contributed by atoms with E-state index < -0.39 is 230 Å². The third kappa shape index (κ3) is 56.2. The number of aliphatic hydroxyl groups is 4. The molecule has 0 aromatic rings. The molecule has 2 heterocycles. The van der Waals surface area contributed by atoms with Gasteiger partial charge in [0.25, 0.3) is 0 Å². The van der Waals surface area contributed by atoms with Crippen LogP contribution in [0.5, 0.6) is 0 Å². The minimum atomic E-state index is -5.98. The van der Waals surface area contributed by atoms with Gasteiger partial charge in [-0.25, -0.2) is 9.13 Å². The van der Waals surface area contributed by atoms with E-state index in [1.807, 2.05) is 6.92 Å². The third-order valence-electron chi connectivity index (χ3n) is 23.5. The van der Waals surface area contributed by atoms with Crippen LogP contribution in [0.3, 0.4) is 0 Å². The smallest absolute Gasteiger partial charge is 0.480 e. The van der Waals surface area contributed by atoms with E-state index in [-0.39, 0.29) is 32.4 Å². The fraction of sp³-hybridized carbons (Fsp3) is 0.660. The molecule has 11 amide bonds. The standard InChI is InChI=1S/C100H166N12O28P2/c1-62(2)31-21-32-63(3)33-22-34-64(4)35-23-36-65(5)37-24-38-66(6)39-25-40-67(7)41-26-42-68(8)43-27-44-69(9)45-28-46-70(10)47-29-48-71(11)49-30-50-72(12)54-56-134-141(130,131)140-142(132,133)139-100-88(110-78(18)116)92(91(82(61-114)137-100)138-99-87(109-77(17)115)90(122)89(121)81(60-113)136-99)135-76(16)96(126)106-74(14)95(125)112-79(93(102)123)52-53-83(117)111-80(97(127)107-73(13)94(124)108-75(15)98(128)129)51-19-20-55-103-85(119)58-105-86(120)59-104-84(118)57-101/h31,33,35,37,39,41,43,45,47,49,54,73-76,79-82,87-92,99-100,113-114,121-122H,19-30,32,34,36,38,40,42,44,46,48,50-53,55-61,101H2,1-18H3,(H2,102,123)(H,103,119)(H,104,118)(H,105,120)(H,106,126)(H,107,127)(H,108,124)(H,109,115)(H,110,116)(H,111,117)(H,112,125)(H,128,129)(H,130,131)(H,132,133)/b63-33+,64-35+,65-37-,66-39-,67-41-,68-43-,69-45-,70-47-,71-49-,72-54-/t73-,74+,75-,76-,79-,80+,81-,82-,87-,88-,89-,90-,91-,92-,99+,100-/m1/s1. The molecular formula is C100H166N12O28P2. The van der Waals surface area contributed by atoms with Gasteiger partial charge in [0.2, 0.25) is 65.0 Å². The normalized spacial score (nSPS) is 21.4. The molecule has 2 saturated heterocycles. The molecule has 0 spiro atoms. The molecule has 21 N–H and O–H groups in total. The molecule has 2 aliphatic heterocycles. The summed E-state index contributed by atoms with van der Waals surface area (Å²) in [6, 6.07) is -11.2. The largest absolute Gasteiger partial charge is 0.483 e. The summed E-state index contributed by atoms with van der Waals surface area (Å²) in [5.74, 6) is -11.3. The molecule has 2 rings (SSSR count). The van der Waals surface area contributed by atoms with Crippen molar-refractivity contribution in [2.75, 3.05) is 46.0 Å². The van der Waals surface area contributed by atoms with Crippen LogP contribution in [0, 0.1) is 0 Å². The van der Waals surface area contributed by atoms with Crippen molar-refractivity contribution in [3.05, 3.63) is 128 Å². The van der Waals surface area contributed by atoms with Crippen LogP contribution in [0.4, 0.5) is 0 Å². The lowest BCUT2D eigenvalue weighted by atomic mass is 9.94. The van der Waals surface area contributed by atoms with Gasteiger partial charge in [0.15, 0.2) is 12.6 Å². The zero-order valence-corrected chi connectivity index (χ0v) is 88.3. The molecule has 2 fully saturated rings. The van der Waals surface area contributed by atoms with Gasteiger partial charge in [0.05, 0.1) is 39.5 Å². The Morgan fingerprint density at radius 3 is 1.20 bits per heavy atom. The van der Waals surface area contributed by atoms with Crippen LogP contribution < -0.4 is 64.6 Å². The van der Waals surface area contributed by atoms with Crippen LogP contribution >= 0.6 is 15.6 Å². The lowest BCUT2D eigenvalue weighted by molar-refractivity contribution is -0.331. The number of unbranched alkanes of at least 4 members (excludes halogenated alkanes) is 1. The zero-order valence-electron chi connectivity index (χ0n) is 86.5.